The van der Waals surface area contributed by atoms with Crippen LogP contribution in [0.25, 0.3) is 5.69 Å². The van der Waals surface area contributed by atoms with E-state index in [1.807, 2.05) is 41.3 Å². The molecule has 2 aromatic rings. The first-order chi connectivity index (χ1) is 12.2. The fourth-order valence-electron chi connectivity index (χ4n) is 3.50. The molecule has 6 heteroatoms. The fourth-order valence-corrected chi connectivity index (χ4v) is 3.50. The molecule has 0 saturated carbocycles. The predicted molar refractivity (Wildman–Crippen MR) is 96.0 cm³/mol. The van der Waals surface area contributed by atoms with Gasteiger partial charge in [0, 0.05) is 43.5 Å². The highest BCUT2D eigenvalue weighted by Crippen LogP contribution is 2.31. The summed E-state index contributed by atoms with van der Waals surface area (Å²) >= 11 is 0. The van der Waals surface area contributed by atoms with E-state index in [9.17, 15) is 5.11 Å². The number of benzene rings is 1. The van der Waals surface area contributed by atoms with Crippen molar-refractivity contribution in [1.29, 1.82) is 0 Å². The fraction of sp³-hybridized carbons (Fsp3) is 0.526. The number of aromatic nitrogens is 2. The highest BCUT2D eigenvalue weighted by atomic mass is 16.5. The Morgan fingerprint density at radius 2 is 2.08 bits per heavy atom. The number of hydrogen-bond acceptors (Lipinski definition) is 5. The molecule has 0 unspecified atom stereocenters. The molecule has 0 radical (unpaired) electrons. The van der Waals surface area contributed by atoms with Crippen molar-refractivity contribution in [3.8, 4) is 11.4 Å². The number of rotatable bonds is 7. The van der Waals surface area contributed by atoms with Crippen LogP contribution in [-0.4, -0.2) is 60.3 Å². The van der Waals surface area contributed by atoms with Crippen molar-refractivity contribution in [2.24, 2.45) is 5.41 Å². The molecule has 0 atom stereocenters. The molecule has 0 spiro atoms. The maximum atomic E-state index is 9.85. The predicted octanol–water partition coefficient (Wildman–Crippen LogP) is 2.10. The van der Waals surface area contributed by atoms with Crippen molar-refractivity contribution in [1.82, 2.24) is 14.7 Å². The lowest BCUT2D eigenvalue weighted by Crippen LogP contribution is -2.42. The number of ether oxygens (including phenoxy) is 2. The van der Waals surface area contributed by atoms with Gasteiger partial charge in [0.05, 0.1) is 19.9 Å². The Hall–Kier alpha value is -1.89. The molecule has 2 heterocycles. The van der Waals surface area contributed by atoms with Gasteiger partial charge in [-0.1, -0.05) is 12.1 Å². The standard InChI is InChI=1S/C19H27N3O3/c1-21(14-19(15-23)7-9-25-10-8-19)12-16-11-20-22(13-16)17-5-3-4-6-18(17)24-2/h3-6,11,13,23H,7-10,12,14-15H2,1-2H3. The molecule has 25 heavy (non-hydrogen) atoms. The molecule has 1 saturated heterocycles. The zero-order valence-corrected chi connectivity index (χ0v) is 15.0. The summed E-state index contributed by atoms with van der Waals surface area (Å²) in [5.41, 5.74) is 2.01. The average molecular weight is 345 g/mol. The quantitative estimate of drug-likeness (QED) is 0.833. The second kappa shape index (κ2) is 7.99. The molecule has 3 rings (SSSR count). The lowest BCUT2D eigenvalue weighted by molar-refractivity contribution is -0.0318. The first-order valence-corrected chi connectivity index (χ1v) is 8.70. The molecule has 0 bridgehead atoms. The van der Waals surface area contributed by atoms with Gasteiger partial charge in [0.2, 0.25) is 0 Å². The van der Waals surface area contributed by atoms with Crippen molar-refractivity contribution < 1.29 is 14.6 Å². The zero-order chi connectivity index (χ0) is 17.7. The van der Waals surface area contributed by atoms with Crippen molar-refractivity contribution in [2.45, 2.75) is 19.4 Å². The molecular weight excluding hydrogens is 318 g/mol. The third-order valence-corrected chi connectivity index (χ3v) is 4.91. The van der Waals surface area contributed by atoms with E-state index in [1.165, 1.54) is 0 Å². The second-order valence-corrected chi connectivity index (χ2v) is 6.91. The summed E-state index contributed by atoms with van der Waals surface area (Å²) < 4.78 is 12.7. The maximum Gasteiger partial charge on any atom is 0.144 e. The molecule has 1 aliphatic heterocycles. The molecule has 0 amide bonds. The zero-order valence-electron chi connectivity index (χ0n) is 15.0. The van der Waals surface area contributed by atoms with Crippen molar-refractivity contribution in [3.05, 3.63) is 42.2 Å². The van der Waals surface area contributed by atoms with Gasteiger partial charge in [-0.2, -0.15) is 5.10 Å². The highest BCUT2D eigenvalue weighted by Gasteiger charge is 2.33. The van der Waals surface area contributed by atoms with Crippen molar-refractivity contribution in [2.75, 3.05) is 40.5 Å². The number of aliphatic hydroxyl groups is 1. The first kappa shape index (κ1) is 17.9. The second-order valence-electron chi connectivity index (χ2n) is 6.91. The van der Waals surface area contributed by atoms with Crippen LogP contribution in [0.4, 0.5) is 0 Å². The molecule has 1 aromatic carbocycles. The van der Waals surface area contributed by atoms with E-state index in [4.69, 9.17) is 9.47 Å². The van der Waals surface area contributed by atoms with Gasteiger partial charge in [0.1, 0.15) is 11.4 Å². The molecular formula is C19H27N3O3. The normalized spacial score (nSPS) is 17.0. The van der Waals surface area contributed by atoms with E-state index in [0.717, 1.165) is 56.1 Å². The van der Waals surface area contributed by atoms with Crippen LogP contribution in [0.3, 0.4) is 0 Å². The SMILES string of the molecule is COc1ccccc1-n1cc(CN(C)CC2(CO)CCOCC2)cn1. The van der Waals surface area contributed by atoms with Crippen LogP contribution in [0.1, 0.15) is 18.4 Å². The summed E-state index contributed by atoms with van der Waals surface area (Å²) in [6, 6.07) is 7.84. The summed E-state index contributed by atoms with van der Waals surface area (Å²) in [6.07, 6.45) is 5.74. The molecule has 6 nitrogen and oxygen atoms in total. The summed E-state index contributed by atoms with van der Waals surface area (Å²) in [5, 5.41) is 14.3. The van der Waals surface area contributed by atoms with Crippen LogP contribution in [0.15, 0.2) is 36.7 Å². The van der Waals surface area contributed by atoms with Crippen LogP contribution >= 0.6 is 0 Å². The van der Waals surface area contributed by atoms with Gasteiger partial charge in [0.15, 0.2) is 0 Å². The molecule has 1 N–H and O–H groups in total. The van der Waals surface area contributed by atoms with Gasteiger partial charge < -0.3 is 19.5 Å². The van der Waals surface area contributed by atoms with Crippen LogP contribution in [0, 0.1) is 5.41 Å². The van der Waals surface area contributed by atoms with Gasteiger partial charge >= 0.3 is 0 Å². The molecule has 0 aliphatic carbocycles. The summed E-state index contributed by atoms with van der Waals surface area (Å²) in [7, 11) is 3.76. The maximum absolute atomic E-state index is 9.85. The van der Waals surface area contributed by atoms with E-state index in [-0.39, 0.29) is 12.0 Å². The number of para-hydroxylation sites is 2. The molecule has 136 valence electrons. The Balaban J connectivity index is 1.66. The lowest BCUT2D eigenvalue weighted by Gasteiger charge is -2.38. The van der Waals surface area contributed by atoms with E-state index in [1.54, 1.807) is 7.11 Å². The van der Waals surface area contributed by atoms with Gasteiger partial charge in [-0.15, -0.1) is 0 Å². The Bertz CT molecular complexity index is 680. The van der Waals surface area contributed by atoms with Gasteiger partial charge in [-0.25, -0.2) is 4.68 Å². The van der Waals surface area contributed by atoms with Gasteiger partial charge in [-0.3, -0.25) is 0 Å². The largest absolute Gasteiger partial charge is 0.494 e. The molecule has 1 aromatic heterocycles. The van der Waals surface area contributed by atoms with Crippen LogP contribution in [-0.2, 0) is 11.3 Å². The topological polar surface area (TPSA) is 59.8 Å². The van der Waals surface area contributed by atoms with Crippen LogP contribution < -0.4 is 4.74 Å². The van der Waals surface area contributed by atoms with Crippen LogP contribution in [0.2, 0.25) is 0 Å². The van der Waals surface area contributed by atoms with Gasteiger partial charge in [-0.05, 0) is 32.0 Å². The number of methoxy groups -OCH3 is 1. The van der Waals surface area contributed by atoms with Gasteiger partial charge in [0.25, 0.3) is 0 Å². The summed E-state index contributed by atoms with van der Waals surface area (Å²) in [5.74, 6) is 0.798. The minimum absolute atomic E-state index is 0.0500. The average Bonchev–Trinajstić information content (AvgIpc) is 3.10. The summed E-state index contributed by atoms with van der Waals surface area (Å²) in [6.45, 7) is 3.33. The minimum Gasteiger partial charge on any atom is -0.494 e. The Morgan fingerprint density at radius 3 is 2.80 bits per heavy atom. The minimum atomic E-state index is -0.0500. The highest BCUT2D eigenvalue weighted by molar-refractivity contribution is 5.46. The van der Waals surface area contributed by atoms with E-state index in [0.29, 0.717) is 0 Å². The van der Waals surface area contributed by atoms with Crippen molar-refractivity contribution >= 4 is 0 Å². The Morgan fingerprint density at radius 1 is 1.32 bits per heavy atom. The first-order valence-electron chi connectivity index (χ1n) is 8.70. The van der Waals surface area contributed by atoms with E-state index in [2.05, 4.69) is 17.0 Å². The lowest BCUT2D eigenvalue weighted by atomic mass is 9.80. The van der Waals surface area contributed by atoms with E-state index < -0.39 is 0 Å². The van der Waals surface area contributed by atoms with Crippen molar-refractivity contribution in [3.63, 3.8) is 0 Å². The monoisotopic (exact) mass is 345 g/mol. The number of aliphatic hydroxyl groups excluding tert-OH is 1. The van der Waals surface area contributed by atoms with E-state index >= 15 is 0 Å². The number of hydrogen-bond donors (Lipinski definition) is 1. The molecule has 1 fully saturated rings. The third-order valence-electron chi connectivity index (χ3n) is 4.91. The Labute approximate surface area is 149 Å². The molecule has 1 aliphatic rings. The Kier molecular flexibility index (Phi) is 5.73. The summed E-state index contributed by atoms with van der Waals surface area (Å²) in [4.78, 5) is 2.26. The smallest absolute Gasteiger partial charge is 0.144 e. The third kappa shape index (κ3) is 4.21. The number of nitrogens with zero attached hydrogens (tertiary/aromatic N) is 3. The van der Waals surface area contributed by atoms with Crippen LogP contribution in [0.5, 0.6) is 5.75 Å².